The first-order chi connectivity index (χ1) is 21.4. The van der Waals surface area contributed by atoms with Gasteiger partial charge in [0.1, 0.15) is 5.56 Å². The molecule has 0 spiro atoms. The number of carbonyl (C=O) groups excluding carboxylic acids is 1. The maximum atomic E-state index is 14.4. The van der Waals surface area contributed by atoms with Crippen LogP contribution in [-0.4, -0.2) is 29.6 Å². The Morgan fingerprint density at radius 2 is 1.73 bits per heavy atom. The summed E-state index contributed by atoms with van der Waals surface area (Å²) in [6, 6.07) is 26.1. The van der Waals surface area contributed by atoms with Crippen molar-refractivity contribution in [3.05, 3.63) is 136 Å². The molecule has 214 valence electrons. The van der Waals surface area contributed by atoms with E-state index in [1.54, 1.807) is 23.0 Å². The highest BCUT2D eigenvalue weighted by Crippen LogP contribution is 2.25. The van der Waals surface area contributed by atoms with Crippen LogP contribution in [0.5, 0.6) is 0 Å². The summed E-state index contributed by atoms with van der Waals surface area (Å²) >= 11 is 0. The number of nitrogens with two attached hydrogens (primary N) is 1. The molecule has 0 aliphatic heterocycles. The fourth-order valence-corrected chi connectivity index (χ4v) is 5.69. The predicted octanol–water partition coefficient (Wildman–Crippen LogP) is 5.00. The van der Waals surface area contributed by atoms with Crippen molar-refractivity contribution in [3.8, 4) is 17.5 Å². The van der Waals surface area contributed by atoms with Gasteiger partial charge in [0.15, 0.2) is 11.5 Å². The molecule has 4 heterocycles. The number of carbonyl (C=O) groups is 1. The number of rotatable bonds is 4. The second-order valence-electron chi connectivity index (χ2n) is 10.6. The molecule has 9 nitrogen and oxygen atoms in total. The van der Waals surface area contributed by atoms with Gasteiger partial charge >= 0.3 is 0 Å². The average molecular weight is 578 g/mol. The molecule has 0 radical (unpaired) electrons. The Morgan fingerprint density at radius 1 is 0.955 bits per heavy atom. The van der Waals surface area contributed by atoms with Crippen LogP contribution in [0.15, 0.2) is 108 Å². The van der Waals surface area contributed by atoms with Crippen LogP contribution in [0.25, 0.3) is 33.0 Å². The number of amides is 1. The monoisotopic (exact) mass is 577 g/mol. The van der Waals surface area contributed by atoms with Crippen LogP contribution < -0.4 is 16.6 Å². The second kappa shape index (κ2) is 10.6. The van der Waals surface area contributed by atoms with Gasteiger partial charge in [-0.15, -0.1) is 5.10 Å². The molecule has 0 unspecified atom stereocenters. The molecule has 3 N–H and O–H groups in total. The zero-order valence-electron chi connectivity index (χ0n) is 24.0. The zero-order chi connectivity index (χ0) is 30.4. The number of nitrogens with zero attached hydrogens (tertiary/aromatic N) is 5. The summed E-state index contributed by atoms with van der Waals surface area (Å²) in [5.41, 5.74) is 10.3. The Labute approximate surface area is 252 Å². The van der Waals surface area contributed by atoms with Crippen LogP contribution in [0, 0.1) is 11.8 Å². The first kappa shape index (κ1) is 26.7. The van der Waals surface area contributed by atoms with Crippen molar-refractivity contribution < 1.29 is 4.79 Å². The van der Waals surface area contributed by atoms with E-state index in [2.05, 4.69) is 33.3 Å². The van der Waals surface area contributed by atoms with Crippen molar-refractivity contribution in [1.82, 2.24) is 29.0 Å². The molecular formula is C35H27N7O2. The highest BCUT2D eigenvalue weighted by Gasteiger charge is 2.24. The van der Waals surface area contributed by atoms with Gasteiger partial charge in [0.2, 0.25) is 0 Å². The molecule has 3 aromatic carbocycles. The van der Waals surface area contributed by atoms with Crippen molar-refractivity contribution in [2.75, 3.05) is 5.73 Å². The number of pyridine rings is 1. The van der Waals surface area contributed by atoms with Gasteiger partial charge in [-0.05, 0) is 48.7 Å². The lowest BCUT2D eigenvalue weighted by Crippen LogP contribution is -2.32. The molecule has 1 atom stereocenters. The van der Waals surface area contributed by atoms with Crippen molar-refractivity contribution in [1.29, 1.82) is 0 Å². The van der Waals surface area contributed by atoms with Gasteiger partial charge < -0.3 is 15.6 Å². The van der Waals surface area contributed by atoms with Crippen LogP contribution in [0.3, 0.4) is 0 Å². The van der Waals surface area contributed by atoms with E-state index in [-0.39, 0.29) is 16.9 Å². The largest absolute Gasteiger partial charge is 0.381 e. The average Bonchev–Trinajstić information content (AvgIpc) is 3.55. The molecule has 0 saturated carbocycles. The van der Waals surface area contributed by atoms with Gasteiger partial charge in [-0.3, -0.25) is 14.2 Å². The number of aryl methyl sites for hydroxylation is 1. The Balaban J connectivity index is 1.35. The van der Waals surface area contributed by atoms with Gasteiger partial charge in [-0.25, -0.2) is 9.50 Å². The molecule has 0 bridgehead atoms. The molecular weight excluding hydrogens is 550 g/mol. The van der Waals surface area contributed by atoms with E-state index in [0.717, 1.165) is 21.9 Å². The summed E-state index contributed by atoms with van der Waals surface area (Å²) in [7, 11) is 1.99. The van der Waals surface area contributed by atoms with Gasteiger partial charge in [-0.2, -0.15) is 0 Å². The Bertz CT molecular complexity index is 2350. The van der Waals surface area contributed by atoms with E-state index < -0.39 is 11.9 Å². The van der Waals surface area contributed by atoms with Crippen LogP contribution in [0.1, 0.15) is 40.1 Å². The summed E-state index contributed by atoms with van der Waals surface area (Å²) < 4.78 is 5.14. The third-order valence-electron chi connectivity index (χ3n) is 7.76. The zero-order valence-corrected chi connectivity index (χ0v) is 24.0. The highest BCUT2D eigenvalue weighted by molar-refractivity contribution is 6.04. The summed E-state index contributed by atoms with van der Waals surface area (Å²) in [5, 5.41) is 9.49. The number of hydrogen-bond donors (Lipinski definition) is 2. The van der Waals surface area contributed by atoms with E-state index in [0.29, 0.717) is 28.0 Å². The number of hydrogen-bond acceptors (Lipinski definition) is 5. The number of aromatic nitrogens is 5. The summed E-state index contributed by atoms with van der Waals surface area (Å²) in [6.45, 7) is 1.83. The molecule has 44 heavy (non-hydrogen) atoms. The van der Waals surface area contributed by atoms with Crippen molar-refractivity contribution in [3.63, 3.8) is 0 Å². The number of nitrogen functional groups attached to an aromatic ring is 1. The molecule has 0 aliphatic carbocycles. The van der Waals surface area contributed by atoms with Gasteiger partial charge in [0, 0.05) is 53.5 Å². The molecule has 7 aromatic rings. The fourth-order valence-electron chi connectivity index (χ4n) is 5.69. The standard InChI is InChI=1S/C35H27N7O2/c1-22(38-34(43)31-32(36)39-41-19-9-18-37-33(31)41)29-20-24-11-8-10-23(30(24)35(44)42(29)26-12-4-3-5-13-26)16-17-25-21-40(2)28-15-7-6-14-27(25)28/h3-15,18-22H,1-2H3,(H2,36,39)(H,38,43)/t22-/m0/s1. The predicted molar refractivity (Wildman–Crippen MR) is 172 cm³/mol. The molecule has 0 saturated heterocycles. The van der Waals surface area contributed by atoms with E-state index >= 15 is 0 Å². The number of para-hydroxylation sites is 2. The fraction of sp³-hybridized carbons (Fsp3) is 0.0857. The molecule has 1 amide bonds. The Hall–Kier alpha value is -6.14. The van der Waals surface area contributed by atoms with Crippen LogP contribution in [-0.2, 0) is 7.05 Å². The molecule has 0 fully saturated rings. The van der Waals surface area contributed by atoms with E-state index in [4.69, 9.17) is 5.73 Å². The van der Waals surface area contributed by atoms with Crippen LogP contribution in [0.4, 0.5) is 5.82 Å². The topological polar surface area (TPSA) is 112 Å². The lowest BCUT2D eigenvalue weighted by atomic mass is 10.0. The Kier molecular flexibility index (Phi) is 6.44. The summed E-state index contributed by atoms with van der Waals surface area (Å²) in [5.74, 6) is 6.21. The lowest BCUT2D eigenvalue weighted by molar-refractivity contribution is 0.0941. The third-order valence-corrected chi connectivity index (χ3v) is 7.76. The second-order valence-corrected chi connectivity index (χ2v) is 10.6. The van der Waals surface area contributed by atoms with Gasteiger partial charge in [-0.1, -0.05) is 60.4 Å². The van der Waals surface area contributed by atoms with Crippen LogP contribution in [0.2, 0.25) is 0 Å². The minimum atomic E-state index is -0.580. The van der Waals surface area contributed by atoms with E-state index in [1.165, 1.54) is 4.52 Å². The van der Waals surface area contributed by atoms with Crippen molar-refractivity contribution >= 4 is 39.0 Å². The third kappa shape index (κ3) is 4.46. The first-order valence-electron chi connectivity index (χ1n) is 14.1. The van der Waals surface area contributed by atoms with E-state index in [1.807, 2.05) is 97.5 Å². The Morgan fingerprint density at radius 3 is 2.57 bits per heavy atom. The smallest absolute Gasteiger partial charge is 0.264 e. The normalized spacial score (nSPS) is 11.9. The molecule has 7 rings (SSSR count). The summed E-state index contributed by atoms with van der Waals surface area (Å²) in [4.78, 5) is 32.2. The quantitative estimate of drug-likeness (QED) is 0.286. The number of nitrogens with one attached hydrogen (secondary N) is 1. The van der Waals surface area contributed by atoms with Gasteiger partial charge in [0.05, 0.1) is 17.0 Å². The number of fused-ring (bicyclic) bond motifs is 3. The van der Waals surface area contributed by atoms with E-state index in [9.17, 15) is 9.59 Å². The number of anilines is 1. The molecule has 0 aliphatic rings. The number of benzene rings is 3. The first-order valence-corrected chi connectivity index (χ1v) is 14.1. The van der Waals surface area contributed by atoms with Crippen molar-refractivity contribution in [2.45, 2.75) is 13.0 Å². The molecule has 4 aromatic heterocycles. The minimum absolute atomic E-state index is 0.0711. The highest BCUT2D eigenvalue weighted by atomic mass is 16.2. The van der Waals surface area contributed by atoms with Crippen LogP contribution >= 0.6 is 0 Å². The summed E-state index contributed by atoms with van der Waals surface area (Å²) in [6.07, 6.45) is 5.25. The van der Waals surface area contributed by atoms with Gasteiger partial charge in [0.25, 0.3) is 11.5 Å². The maximum Gasteiger partial charge on any atom is 0.264 e. The minimum Gasteiger partial charge on any atom is -0.381 e. The lowest BCUT2D eigenvalue weighted by Gasteiger charge is -2.21. The maximum absolute atomic E-state index is 14.4. The van der Waals surface area contributed by atoms with Crippen molar-refractivity contribution in [2.24, 2.45) is 7.05 Å². The SMILES string of the molecule is C[C@H](NC(=O)c1c(N)nn2cccnc12)c1cc2cccc(C#Cc3cn(C)c4ccccc34)c2c(=O)n1-c1ccccc1. The molecule has 9 heteroatoms.